The molecule has 3 heteroatoms. The quantitative estimate of drug-likeness (QED) is 0.736. The monoisotopic (exact) mass is 305 g/mol. The molecule has 1 atom stereocenters. The lowest BCUT2D eigenvalue weighted by atomic mass is 9.98. The van der Waals surface area contributed by atoms with E-state index in [0.717, 1.165) is 17.0 Å². The number of anilines is 1. The molecule has 0 spiro atoms. The van der Waals surface area contributed by atoms with Crippen molar-refractivity contribution in [2.24, 2.45) is 0 Å². The lowest BCUT2D eigenvalue weighted by molar-refractivity contribution is 0.820. The molecule has 1 N–H and O–H groups in total. The summed E-state index contributed by atoms with van der Waals surface area (Å²) in [7, 11) is 0. The van der Waals surface area contributed by atoms with Crippen LogP contribution in [0.3, 0.4) is 0 Å². The van der Waals surface area contributed by atoms with Gasteiger partial charge in [0.25, 0.3) is 0 Å². The van der Waals surface area contributed by atoms with Gasteiger partial charge in [-0.2, -0.15) is 0 Å². The van der Waals surface area contributed by atoms with Crippen molar-refractivity contribution < 1.29 is 0 Å². The van der Waals surface area contributed by atoms with E-state index in [1.54, 1.807) is 0 Å². The number of rotatable bonds is 2. The number of hydrogen-bond donors (Lipinski definition) is 1. The van der Waals surface area contributed by atoms with Gasteiger partial charge in [-0.15, -0.1) is 0 Å². The van der Waals surface area contributed by atoms with Crippen LogP contribution in [0.15, 0.2) is 36.4 Å². The maximum atomic E-state index is 6.31. The van der Waals surface area contributed by atoms with Gasteiger partial charge in [-0.25, -0.2) is 0 Å². The molecule has 1 nitrogen and oxygen atoms in total. The Bertz CT molecular complexity index is 649. The Morgan fingerprint density at radius 2 is 1.90 bits per heavy atom. The highest BCUT2D eigenvalue weighted by atomic mass is 35.5. The highest BCUT2D eigenvalue weighted by Crippen LogP contribution is 2.38. The summed E-state index contributed by atoms with van der Waals surface area (Å²) < 4.78 is 0. The molecular formula is C17H17Cl2N. The summed E-state index contributed by atoms with van der Waals surface area (Å²) in [5, 5.41) is 4.96. The zero-order valence-electron chi connectivity index (χ0n) is 11.6. The third-order valence-corrected chi connectivity index (χ3v) is 4.45. The third-order valence-electron chi connectivity index (χ3n) is 3.89. The van der Waals surface area contributed by atoms with Gasteiger partial charge in [-0.05, 0) is 47.2 Å². The molecule has 0 aliphatic carbocycles. The fraction of sp³-hybridized carbons (Fsp3) is 0.294. The molecule has 1 aliphatic heterocycles. The summed E-state index contributed by atoms with van der Waals surface area (Å²) in [5.41, 5.74) is 5.07. The van der Waals surface area contributed by atoms with Gasteiger partial charge in [0.05, 0.1) is 6.04 Å². The minimum absolute atomic E-state index is 0.233. The van der Waals surface area contributed by atoms with Crippen LogP contribution in [0.5, 0.6) is 0 Å². The predicted octanol–water partition coefficient (Wildman–Crippen LogP) is 5.83. The van der Waals surface area contributed by atoms with Crippen molar-refractivity contribution in [1.82, 2.24) is 0 Å². The molecule has 0 bridgehead atoms. The Hall–Kier alpha value is -1.18. The van der Waals surface area contributed by atoms with Crippen molar-refractivity contribution in [3.05, 3.63) is 63.1 Å². The first kappa shape index (κ1) is 13.8. The van der Waals surface area contributed by atoms with Crippen LogP contribution in [0.25, 0.3) is 0 Å². The van der Waals surface area contributed by atoms with Gasteiger partial charge in [-0.1, -0.05) is 55.2 Å². The number of halogens is 2. The molecule has 2 aromatic rings. The molecule has 20 heavy (non-hydrogen) atoms. The predicted molar refractivity (Wildman–Crippen MR) is 87.1 cm³/mol. The molecule has 3 rings (SSSR count). The summed E-state index contributed by atoms with van der Waals surface area (Å²) in [5.74, 6) is 0.554. The number of nitrogens with one attached hydrogen (secondary N) is 1. The Kier molecular flexibility index (Phi) is 3.66. The van der Waals surface area contributed by atoms with Crippen LogP contribution in [0.1, 0.15) is 42.5 Å². The fourth-order valence-corrected chi connectivity index (χ4v) is 3.25. The van der Waals surface area contributed by atoms with Crippen molar-refractivity contribution in [1.29, 1.82) is 0 Å². The van der Waals surface area contributed by atoms with Crippen molar-refractivity contribution >= 4 is 28.9 Å². The van der Waals surface area contributed by atoms with Gasteiger partial charge in [0.15, 0.2) is 0 Å². The molecular weight excluding hydrogens is 289 g/mol. The van der Waals surface area contributed by atoms with Gasteiger partial charge in [0, 0.05) is 15.7 Å². The van der Waals surface area contributed by atoms with Gasteiger partial charge in [0.1, 0.15) is 0 Å². The SMILES string of the molecule is CC(C)c1ccc2c(c1)CC(c1ccc(Cl)cc1Cl)N2. The minimum Gasteiger partial charge on any atom is -0.378 e. The van der Waals surface area contributed by atoms with E-state index < -0.39 is 0 Å². The average Bonchev–Trinajstić information content (AvgIpc) is 2.80. The van der Waals surface area contributed by atoms with E-state index in [2.05, 4.69) is 37.4 Å². The third kappa shape index (κ3) is 2.53. The number of hydrogen-bond acceptors (Lipinski definition) is 1. The van der Waals surface area contributed by atoms with Gasteiger partial charge in [0.2, 0.25) is 0 Å². The molecule has 1 unspecified atom stereocenters. The van der Waals surface area contributed by atoms with Crippen molar-refractivity contribution in [2.75, 3.05) is 5.32 Å². The van der Waals surface area contributed by atoms with E-state index in [1.807, 2.05) is 18.2 Å². The summed E-state index contributed by atoms with van der Waals surface area (Å²) in [4.78, 5) is 0. The van der Waals surface area contributed by atoms with Crippen LogP contribution in [0.4, 0.5) is 5.69 Å². The first-order chi connectivity index (χ1) is 9.54. The molecule has 0 aromatic heterocycles. The second-order valence-electron chi connectivity index (χ2n) is 5.64. The molecule has 0 radical (unpaired) electrons. The maximum Gasteiger partial charge on any atom is 0.0569 e. The summed E-state index contributed by atoms with van der Waals surface area (Å²) in [6.45, 7) is 4.44. The zero-order chi connectivity index (χ0) is 14.3. The summed E-state index contributed by atoms with van der Waals surface area (Å²) in [6.07, 6.45) is 0.969. The second-order valence-corrected chi connectivity index (χ2v) is 6.48. The standard InChI is InChI=1S/C17H17Cl2N/c1-10(2)11-3-6-16-12(7-11)8-17(20-16)14-5-4-13(18)9-15(14)19/h3-7,9-10,17,20H,8H2,1-2H3. The van der Waals surface area contributed by atoms with E-state index in [1.165, 1.54) is 16.8 Å². The highest BCUT2D eigenvalue weighted by molar-refractivity contribution is 6.35. The average molecular weight is 306 g/mol. The Morgan fingerprint density at radius 3 is 2.60 bits per heavy atom. The minimum atomic E-state index is 0.233. The largest absolute Gasteiger partial charge is 0.378 e. The maximum absolute atomic E-state index is 6.31. The number of fused-ring (bicyclic) bond motifs is 1. The molecule has 0 amide bonds. The fourth-order valence-electron chi connectivity index (χ4n) is 2.71. The normalized spacial score (nSPS) is 17.1. The Morgan fingerprint density at radius 1 is 1.10 bits per heavy atom. The Labute approximate surface area is 129 Å². The van der Waals surface area contributed by atoms with E-state index in [9.17, 15) is 0 Å². The van der Waals surface area contributed by atoms with Gasteiger partial charge >= 0.3 is 0 Å². The second kappa shape index (κ2) is 5.31. The zero-order valence-corrected chi connectivity index (χ0v) is 13.1. The number of benzene rings is 2. The molecule has 1 aliphatic rings. The topological polar surface area (TPSA) is 12.0 Å². The van der Waals surface area contributed by atoms with E-state index in [4.69, 9.17) is 23.2 Å². The molecule has 2 aromatic carbocycles. The highest BCUT2D eigenvalue weighted by Gasteiger charge is 2.24. The van der Waals surface area contributed by atoms with E-state index in [-0.39, 0.29) is 6.04 Å². The molecule has 0 saturated carbocycles. The van der Waals surface area contributed by atoms with Gasteiger partial charge in [-0.3, -0.25) is 0 Å². The van der Waals surface area contributed by atoms with Crippen molar-refractivity contribution in [2.45, 2.75) is 32.2 Å². The Balaban J connectivity index is 1.90. The summed E-state index contributed by atoms with van der Waals surface area (Å²) in [6, 6.07) is 12.6. The van der Waals surface area contributed by atoms with Crippen molar-refractivity contribution in [3.63, 3.8) is 0 Å². The van der Waals surface area contributed by atoms with Crippen LogP contribution in [-0.4, -0.2) is 0 Å². The first-order valence-electron chi connectivity index (χ1n) is 6.89. The van der Waals surface area contributed by atoms with E-state index in [0.29, 0.717) is 10.9 Å². The van der Waals surface area contributed by atoms with Gasteiger partial charge < -0.3 is 5.32 Å². The molecule has 0 saturated heterocycles. The van der Waals surface area contributed by atoms with Crippen LogP contribution in [0.2, 0.25) is 10.0 Å². The van der Waals surface area contributed by atoms with Crippen LogP contribution < -0.4 is 5.32 Å². The van der Waals surface area contributed by atoms with Crippen LogP contribution in [0, 0.1) is 0 Å². The first-order valence-corrected chi connectivity index (χ1v) is 7.64. The lowest BCUT2D eigenvalue weighted by Gasteiger charge is -2.13. The molecule has 104 valence electrons. The molecule has 0 fully saturated rings. The van der Waals surface area contributed by atoms with Crippen molar-refractivity contribution in [3.8, 4) is 0 Å². The molecule has 1 heterocycles. The lowest BCUT2D eigenvalue weighted by Crippen LogP contribution is -2.06. The van der Waals surface area contributed by atoms with Crippen LogP contribution >= 0.6 is 23.2 Å². The van der Waals surface area contributed by atoms with E-state index >= 15 is 0 Å². The van der Waals surface area contributed by atoms with Crippen LogP contribution in [-0.2, 0) is 6.42 Å². The smallest absolute Gasteiger partial charge is 0.0569 e. The summed E-state index contributed by atoms with van der Waals surface area (Å²) >= 11 is 12.3.